The summed E-state index contributed by atoms with van der Waals surface area (Å²) < 4.78 is 31.1. The predicted octanol–water partition coefficient (Wildman–Crippen LogP) is 1.50. The van der Waals surface area contributed by atoms with E-state index >= 15 is 0 Å². The summed E-state index contributed by atoms with van der Waals surface area (Å²) in [6.07, 6.45) is 1.38. The van der Waals surface area contributed by atoms with Gasteiger partial charge in [0.25, 0.3) is 0 Å². The van der Waals surface area contributed by atoms with E-state index in [0.29, 0.717) is 5.76 Å². The smallest absolute Gasteiger partial charge is 0.335 e. The minimum atomic E-state index is -3.96. The molecule has 2 N–H and O–H groups in total. The highest BCUT2D eigenvalue weighted by atomic mass is 35.5. The highest BCUT2D eigenvalue weighted by molar-refractivity contribution is 7.89. The van der Waals surface area contributed by atoms with Gasteiger partial charge in [0, 0.05) is 6.07 Å². The summed E-state index contributed by atoms with van der Waals surface area (Å²) in [5, 5.41) is 12.2. The van der Waals surface area contributed by atoms with E-state index in [-0.39, 0.29) is 22.0 Å². The quantitative estimate of drug-likeness (QED) is 0.865. The lowest BCUT2D eigenvalue weighted by Crippen LogP contribution is -2.23. The van der Waals surface area contributed by atoms with Crippen molar-refractivity contribution in [3.63, 3.8) is 0 Å². The first-order valence-corrected chi connectivity index (χ1v) is 7.18. The van der Waals surface area contributed by atoms with Crippen LogP contribution in [0.25, 0.3) is 0 Å². The molecule has 0 aliphatic heterocycles. The summed E-state index contributed by atoms with van der Waals surface area (Å²) in [4.78, 5) is 10.5. The lowest BCUT2D eigenvalue weighted by atomic mass is 10.2. The fourth-order valence-electron chi connectivity index (χ4n) is 1.42. The Labute approximate surface area is 119 Å². The second-order valence-corrected chi connectivity index (χ2v) is 5.90. The zero-order valence-electron chi connectivity index (χ0n) is 9.91. The Morgan fingerprint density at radius 1 is 1.40 bits per heavy atom. The van der Waals surface area contributed by atoms with Gasteiger partial charge in [-0.15, -0.1) is 0 Å². The predicted molar refractivity (Wildman–Crippen MR) is 68.9 cm³/mol. The van der Waals surface area contributed by atoms with Gasteiger partial charge in [0.15, 0.2) is 5.76 Å². The first kappa shape index (κ1) is 14.5. The van der Waals surface area contributed by atoms with E-state index in [2.05, 4.69) is 9.88 Å². The molecule has 7 nitrogen and oxygen atoms in total. The molecule has 1 aromatic heterocycles. The molecule has 1 heterocycles. The zero-order chi connectivity index (χ0) is 14.8. The Morgan fingerprint density at radius 3 is 2.75 bits per heavy atom. The molecule has 2 rings (SSSR count). The van der Waals surface area contributed by atoms with E-state index in [9.17, 15) is 13.2 Å². The highest BCUT2D eigenvalue weighted by Crippen LogP contribution is 2.22. The van der Waals surface area contributed by atoms with Crippen LogP contribution in [0.1, 0.15) is 16.1 Å². The van der Waals surface area contributed by atoms with Crippen LogP contribution in [0.4, 0.5) is 0 Å². The number of aromatic carboxylic acids is 1. The number of hydrogen-bond acceptors (Lipinski definition) is 5. The molecule has 0 fully saturated rings. The molecule has 9 heteroatoms. The van der Waals surface area contributed by atoms with Gasteiger partial charge in [-0.1, -0.05) is 16.8 Å². The summed E-state index contributed by atoms with van der Waals surface area (Å²) in [6, 6.07) is 4.93. The van der Waals surface area contributed by atoms with Crippen LogP contribution in [0.5, 0.6) is 0 Å². The van der Waals surface area contributed by atoms with Gasteiger partial charge < -0.3 is 9.63 Å². The number of carbonyl (C=O) groups is 1. The normalized spacial score (nSPS) is 11.4. The summed E-state index contributed by atoms with van der Waals surface area (Å²) in [5.74, 6) is -0.924. The first-order chi connectivity index (χ1) is 9.40. The lowest BCUT2D eigenvalue weighted by molar-refractivity contribution is 0.0696. The molecule has 0 amide bonds. The van der Waals surface area contributed by atoms with Gasteiger partial charge in [-0.25, -0.2) is 17.9 Å². The van der Waals surface area contributed by atoms with Crippen molar-refractivity contribution in [1.29, 1.82) is 0 Å². The number of hydrogen-bond donors (Lipinski definition) is 2. The van der Waals surface area contributed by atoms with Gasteiger partial charge in [-0.3, -0.25) is 0 Å². The van der Waals surface area contributed by atoms with Gasteiger partial charge in [0.05, 0.1) is 23.3 Å². The standard InChI is InChI=1S/C11H9ClN2O5S/c12-9-2-1-7(11(15)16)5-10(9)20(17,18)14-6-8-3-4-13-19-8/h1-5,14H,6H2,(H,15,16). The second-order valence-electron chi connectivity index (χ2n) is 3.75. The SMILES string of the molecule is O=C(O)c1ccc(Cl)c(S(=O)(=O)NCc2ccno2)c1. The molecule has 0 spiro atoms. The molecule has 0 bridgehead atoms. The number of carboxylic acids is 1. The number of halogens is 1. The molecule has 0 aliphatic rings. The van der Waals surface area contributed by atoms with E-state index in [1.165, 1.54) is 24.4 Å². The van der Waals surface area contributed by atoms with Crippen LogP contribution in [0, 0.1) is 0 Å². The average molecular weight is 317 g/mol. The molecule has 0 saturated carbocycles. The molecular formula is C11H9ClN2O5S. The van der Waals surface area contributed by atoms with E-state index in [0.717, 1.165) is 6.07 Å². The Morgan fingerprint density at radius 2 is 2.15 bits per heavy atom. The second kappa shape index (κ2) is 5.61. The van der Waals surface area contributed by atoms with Crippen molar-refractivity contribution in [1.82, 2.24) is 9.88 Å². The molecule has 0 radical (unpaired) electrons. The van der Waals surface area contributed by atoms with Crippen LogP contribution in [0.15, 0.2) is 39.9 Å². The minimum absolute atomic E-state index is 0.0694. The summed E-state index contributed by atoms with van der Waals surface area (Å²) in [7, 11) is -3.96. The number of nitrogens with one attached hydrogen (secondary N) is 1. The maximum Gasteiger partial charge on any atom is 0.335 e. The average Bonchev–Trinajstić information content (AvgIpc) is 2.89. The summed E-state index contributed by atoms with van der Waals surface area (Å²) in [5.41, 5.74) is -0.172. The maximum absolute atomic E-state index is 12.1. The Balaban J connectivity index is 2.28. The summed E-state index contributed by atoms with van der Waals surface area (Å²) >= 11 is 5.80. The van der Waals surface area contributed by atoms with Crippen molar-refractivity contribution >= 4 is 27.6 Å². The number of aromatic nitrogens is 1. The molecule has 20 heavy (non-hydrogen) atoms. The number of carboxylic acid groups (broad SMARTS) is 1. The Bertz CT molecular complexity index is 727. The van der Waals surface area contributed by atoms with Gasteiger partial charge in [-0.05, 0) is 18.2 Å². The molecule has 0 aliphatic carbocycles. The molecular weight excluding hydrogens is 308 g/mol. The zero-order valence-corrected chi connectivity index (χ0v) is 11.5. The van der Waals surface area contributed by atoms with Crippen molar-refractivity contribution in [2.75, 3.05) is 0 Å². The van der Waals surface area contributed by atoms with Crippen molar-refractivity contribution in [3.05, 3.63) is 46.8 Å². The molecule has 0 saturated heterocycles. The molecule has 0 atom stereocenters. The molecule has 2 aromatic rings. The molecule has 106 valence electrons. The van der Waals surface area contributed by atoms with E-state index < -0.39 is 16.0 Å². The Hall–Kier alpha value is -1.90. The fourth-order valence-corrected chi connectivity index (χ4v) is 2.94. The largest absolute Gasteiger partial charge is 0.478 e. The van der Waals surface area contributed by atoms with Crippen molar-refractivity contribution < 1.29 is 22.8 Å². The van der Waals surface area contributed by atoms with E-state index in [1.54, 1.807) is 0 Å². The topological polar surface area (TPSA) is 110 Å². The van der Waals surface area contributed by atoms with Gasteiger partial charge in [-0.2, -0.15) is 0 Å². The van der Waals surface area contributed by atoms with Gasteiger partial charge in [0.2, 0.25) is 10.0 Å². The van der Waals surface area contributed by atoms with Gasteiger partial charge in [0.1, 0.15) is 4.90 Å². The monoisotopic (exact) mass is 316 g/mol. The molecule has 1 aromatic carbocycles. The fraction of sp³-hybridized carbons (Fsp3) is 0.0909. The van der Waals surface area contributed by atoms with Crippen molar-refractivity contribution in [2.45, 2.75) is 11.4 Å². The number of sulfonamides is 1. The van der Waals surface area contributed by atoms with Crippen LogP contribution in [-0.2, 0) is 16.6 Å². The first-order valence-electron chi connectivity index (χ1n) is 5.32. The number of nitrogens with zero attached hydrogens (tertiary/aromatic N) is 1. The van der Waals surface area contributed by atoms with Crippen molar-refractivity contribution in [3.8, 4) is 0 Å². The third-order valence-corrected chi connectivity index (χ3v) is 4.28. The van der Waals surface area contributed by atoms with Crippen LogP contribution < -0.4 is 4.72 Å². The lowest BCUT2D eigenvalue weighted by Gasteiger charge is -2.07. The number of rotatable bonds is 5. The van der Waals surface area contributed by atoms with E-state index in [4.69, 9.17) is 21.2 Å². The number of benzene rings is 1. The van der Waals surface area contributed by atoms with Gasteiger partial charge >= 0.3 is 5.97 Å². The minimum Gasteiger partial charge on any atom is -0.478 e. The third-order valence-electron chi connectivity index (χ3n) is 2.40. The summed E-state index contributed by atoms with van der Waals surface area (Å²) in [6.45, 7) is -0.115. The van der Waals surface area contributed by atoms with Crippen LogP contribution in [0.3, 0.4) is 0 Å². The molecule has 0 unspecified atom stereocenters. The van der Waals surface area contributed by atoms with Crippen molar-refractivity contribution in [2.24, 2.45) is 0 Å². The van der Waals surface area contributed by atoms with Crippen LogP contribution >= 0.6 is 11.6 Å². The third kappa shape index (κ3) is 3.16. The van der Waals surface area contributed by atoms with E-state index in [1.807, 2.05) is 0 Å². The Kier molecular flexibility index (Phi) is 4.07. The van der Waals surface area contributed by atoms with Crippen LogP contribution in [-0.4, -0.2) is 24.7 Å². The van der Waals surface area contributed by atoms with Crippen LogP contribution in [0.2, 0.25) is 5.02 Å². The highest BCUT2D eigenvalue weighted by Gasteiger charge is 2.20. The maximum atomic E-state index is 12.1.